The molecule has 0 aromatic rings. The van der Waals surface area contributed by atoms with E-state index in [0.717, 1.165) is 25.0 Å². The number of amides is 1. The molecule has 4 bridgehead atoms. The number of hydrogen-bond acceptors (Lipinski definition) is 5. The normalized spacial score (nSPS) is 54.4. The van der Waals surface area contributed by atoms with Gasteiger partial charge in [-0.3, -0.25) is 9.59 Å². The SMILES string of the molecule is C=CC1C=CC2C3CC(C)CCC3C3OC4=CCC(C=C4)CC4(O)NC(=O)C5(OC45)C(=O)C1C23. The van der Waals surface area contributed by atoms with Crippen LogP contribution in [0.25, 0.3) is 0 Å². The zero-order valence-electron chi connectivity index (χ0n) is 19.6. The molecule has 0 aromatic carbocycles. The van der Waals surface area contributed by atoms with Crippen molar-refractivity contribution in [2.45, 2.75) is 62.6 Å². The standard InChI is InChI=1S/C28H33NO5/c1-3-16-7-11-18-20-12-14(2)4-10-19(20)23-22(18)21(16)24(30)28-25(34-28)27(32,29-26(28)31)13-15-5-8-17(33-23)9-6-15/h3,5,7-9,11,14-16,18-23,25,32H,1,4,6,10,12-13H2,2H3,(H,29,31). The Balaban J connectivity index is 1.38. The molecule has 4 heterocycles. The summed E-state index contributed by atoms with van der Waals surface area (Å²) in [5, 5.41) is 14.1. The molecular formula is C28H33NO5. The Morgan fingerprint density at radius 3 is 2.79 bits per heavy atom. The molecule has 0 radical (unpaired) electrons. The van der Waals surface area contributed by atoms with Crippen LogP contribution in [0.4, 0.5) is 0 Å². The molecule has 4 aliphatic heterocycles. The van der Waals surface area contributed by atoms with Crippen LogP contribution < -0.4 is 5.32 Å². The highest BCUT2D eigenvalue weighted by Crippen LogP contribution is 2.61. The van der Waals surface area contributed by atoms with Gasteiger partial charge in [-0.15, -0.1) is 6.58 Å². The van der Waals surface area contributed by atoms with E-state index in [1.165, 1.54) is 6.42 Å². The van der Waals surface area contributed by atoms with Gasteiger partial charge in [-0.1, -0.05) is 37.6 Å². The summed E-state index contributed by atoms with van der Waals surface area (Å²) in [6.45, 7) is 6.36. The number of carbonyl (C=O) groups excluding carboxylic acids is 2. The third-order valence-corrected chi connectivity index (χ3v) is 10.0. The monoisotopic (exact) mass is 463 g/mol. The van der Waals surface area contributed by atoms with E-state index in [-0.39, 0.29) is 35.6 Å². The van der Waals surface area contributed by atoms with Crippen LogP contribution >= 0.6 is 0 Å². The number of nitrogens with one attached hydrogen (secondary N) is 1. The van der Waals surface area contributed by atoms with Crippen LogP contribution in [0.3, 0.4) is 0 Å². The molecule has 2 saturated heterocycles. The van der Waals surface area contributed by atoms with Gasteiger partial charge in [0.1, 0.15) is 11.9 Å². The Bertz CT molecular complexity index is 1060. The summed E-state index contributed by atoms with van der Waals surface area (Å²) < 4.78 is 12.7. The minimum atomic E-state index is -1.59. The second-order valence-electron chi connectivity index (χ2n) is 11.8. The molecule has 1 amide bonds. The van der Waals surface area contributed by atoms with Gasteiger partial charge < -0.3 is 19.9 Å². The molecule has 180 valence electrons. The first kappa shape index (κ1) is 21.1. The number of rotatable bonds is 1. The van der Waals surface area contributed by atoms with E-state index in [0.29, 0.717) is 24.2 Å². The summed E-state index contributed by atoms with van der Waals surface area (Å²) in [4.78, 5) is 27.6. The molecule has 4 fully saturated rings. The lowest BCUT2D eigenvalue weighted by atomic mass is 9.65. The van der Waals surface area contributed by atoms with E-state index in [1.807, 2.05) is 12.2 Å². The van der Waals surface area contributed by atoms with Gasteiger partial charge in [-0.25, -0.2) is 0 Å². The number of allylic oxidation sites excluding steroid dienone is 6. The average Bonchev–Trinajstić information content (AvgIpc) is 3.48. The number of Topliss-reactive ketones (excluding diaryl/α,β-unsaturated/α-hetero) is 1. The molecule has 6 nitrogen and oxygen atoms in total. The molecule has 0 spiro atoms. The maximum Gasteiger partial charge on any atom is 0.265 e. The predicted octanol–water partition coefficient (Wildman–Crippen LogP) is 3.05. The maximum absolute atomic E-state index is 14.3. The predicted molar refractivity (Wildman–Crippen MR) is 124 cm³/mol. The van der Waals surface area contributed by atoms with Crippen molar-refractivity contribution in [3.05, 3.63) is 48.8 Å². The Hall–Kier alpha value is -2.18. The van der Waals surface area contributed by atoms with Crippen molar-refractivity contribution in [3.8, 4) is 0 Å². The number of epoxide rings is 1. The first-order chi connectivity index (χ1) is 16.4. The summed E-state index contributed by atoms with van der Waals surface area (Å²) in [5.74, 6) is 1.25. The van der Waals surface area contributed by atoms with Crippen LogP contribution in [0, 0.1) is 47.3 Å². The fourth-order valence-corrected chi connectivity index (χ4v) is 8.44. The molecule has 12 atom stereocenters. The number of hydrogen-bond donors (Lipinski definition) is 2. The topological polar surface area (TPSA) is 88.2 Å². The fourth-order valence-electron chi connectivity index (χ4n) is 8.44. The molecular weight excluding hydrogens is 430 g/mol. The van der Waals surface area contributed by atoms with Crippen molar-refractivity contribution in [1.82, 2.24) is 5.32 Å². The summed E-state index contributed by atoms with van der Waals surface area (Å²) in [7, 11) is 0. The second kappa shape index (κ2) is 6.94. The Kier molecular flexibility index (Phi) is 4.32. The van der Waals surface area contributed by atoms with Gasteiger partial charge in [-0.2, -0.15) is 0 Å². The lowest BCUT2D eigenvalue weighted by molar-refractivity contribution is -0.144. The van der Waals surface area contributed by atoms with Crippen LogP contribution in [-0.4, -0.2) is 40.3 Å². The summed E-state index contributed by atoms with van der Waals surface area (Å²) in [6, 6.07) is 0. The Morgan fingerprint density at radius 1 is 1.21 bits per heavy atom. The summed E-state index contributed by atoms with van der Waals surface area (Å²) >= 11 is 0. The third-order valence-electron chi connectivity index (χ3n) is 10.0. The Morgan fingerprint density at radius 2 is 2.06 bits per heavy atom. The molecule has 34 heavy (non-hydrogen) atoms. The quantitative estimate of drug-likeness (QED) is 0.355. The number of ketones is 1. The molecule has 2 N–H and O–H groups in total. The minimum absolute atomic E-state index is 0.0398. The van der Waals surface area contributed by atoms with Crippen LogP contribution in [0.2, 0.25) is 0 Å². The zero-order valence-corrected chi connectivity index (χ0v) is 19.6. The maximum atomic E-state index is 14.3. The van der Waals surface area contributed by atoms with Crippen molar-refractivity contribution >= 4 is 11.7 Å². The lowest BCUT2D eigenvalue weighted by Crippen LogP contribution is -2.51. The second-order valence-corrected chi connectivity index (χ2v) is 11.8. The van der Waals surface area contributed by atoms with Crippen LogP contribution in [0.15, 0.2) is 48.8 Å². The number of carbonyl (C=O) groups is 2. The average molecular weight is 464 g/mol. The molecule has 4 aliphatic carbocycles. The largest absolute Gasteiger partial charge is 0.490 e. The fraction of sp³-hybridized carbons (Fsp3) is 0.643. The van der Waals surface area contributed by atoms with E-state index >= 15 is 0 Å². The van der Waals surface area contributed by atoms with Crippen molar-refractivity contribution in [1.29, 1.82) is 0 Å². The van der Waals surface area contributed by atoms with Gasteiger partial charge in [0.25, 0.3) is 5.91 Å². The van der Waals surface area contributed by atoms with Crippen molar-refractivity contribution in [3.63, 3.8) is 0 Å². The first-order valence-electron chi connectivity index (χ1n) is 13.0. The van der Waals surface area contributed by atoms with Crippen molar-refractivity contribution < 1.29 is 24.2 Å². The van der Waals surface area contributed by atoms with E-state index in [9.17, 15) is 14.7 Å². The van der Waals surface area contributed by atoms with E-state index < -0.39 is 29.3 Å². The first-order valence-corrected chi connectivity index (χ1v) is 13.0. The number of ether oxygens (including phenoxy) is 2. The van der Waals surface area contributed by atoms with Crippen LogP contribution in [-0.2, 0) is 19.1 Å². The van der Waals surface area contributed by atoms with Crippen LogP contribution in [0.5, 0.6) is 0 Å². The highest BCUT2D eigenvalue weighted by molar-refractivity contribution is 6.16. The highest BCUT2D eigenvalue weighted by atomic mass is 16.6. The third kappa shape index (κ3) is 2.64. The highest BCUT2D eigenvalue weighted by Gasteiger charge is 2.82. The molecule has 6 heteroatoms. The van der Waals surface area contributed by atoms with E-state index in [4.69, 9.17) is 9.47 Å². The number of morpholine rings is 1. The van der Waals surface area contributed by atoms with Crippen LogP contribution in [0.1, 0.15) is 39.0 Å². The molecule has 2 saturated carbocycles. The van der Waals surface area contributed by atoms with E-state index in [1.54, 1.807) is 0 Å². The number of fused-ring (bicyclic) bond motifs is 3. The van der Waals surface area contributed by atoms with Gasteiger partial charge in [0, 0.05) is 24.2 Å². The molecule has 8 rings (SSSR count). The van der Waals surface area contributed by atoms with E-state index in [2.05, 4.69) is 43.1 Å². The number of aliphatic hydroxyl groups is 1. The van der Waals surface area contributed by atoms with Gasteiger partial charge in [-0.05, 0) is 61.0 Å². The van der Waals surface area contributed by atoms with Gasteiger partial charge in [0.05, 0.1) is 0 Å². The van der Waals surface area contributed by atoms with Gasteiger partial charge >= 0.3 is 0 Å². The lowest BCUT2D eigenvalue weighted by Gasteiger charge is -2.39. The summed E-state index contributed by atoms with van der Waals surface area (Å²) in [6.07, 6.45) is 16.0. The smallest absolute Gasteiger partial charge is 0.265 e. The zero-order chi connectivity index (χ0) is 23.4. The molecule has 0 aromatic heterocycles. The van der Waals surface area contributed by atoms with Gasteiger partial charge in [0.15, 0.2) is 17.6 Å². The minimum Gasteiger partial charge on any atom is -0.490 e. The molecule has 12 unspecified atom stereocenters. The summed E-state index contributed by atoms with van der Waals surface area (Å²) in [5.41, 5.74) is -3.12. The van der Waals surface area contributed by atoms with Gasteiger partial charge in [0.2, 0.25) is 5.60 Å². The van der Waals surface area contributed by atoms with Crippen molar-refractivity contribution in [2.75, 3.05) is 0 Å². The Labute approximate surface area is 200 Å². The molecule has 8 aliphatic rings. The van der Waals surface area contributed by atoms with Crippen molar-refractivity contribution in [2.24, 2.45) is 47.3 Å².